The maximum absolute atomic E-state index is 13.5. The molecule has 0 radical (unpaired) electrons. The quantitative estimate of drug-likeness (QED) is 0.228. The molecule has 1 aliphatic rings. The molecule has 4 N–H and O–H groups in total. The number of nitrogens with one attached hydrogen (secondary N) is 4. The Labute approximate surface area is 233 Å². The molecule has 0 unspecified atom stereocenters. The van der Waals surface area contributed by atoms with Crippen molar-refractivity contribution in [3.05, 3.63) is 72.9 Å². The Hall–Kier alpha value is -5.03. The molecule has 0 atom stereocenters. The number of carbonyl (C=O) groups is 1. The van der Waals surface area contributed by atoms with Gasteiger partial charge in [-0.1, -0.05) is 0 Å². The van der Waals surface area contributed by atoms with Crippen LogP contribution < -0.4 is 10.6 Å². The number of hydrogen-bond acceptors (Lipinski definition) is 7. The van der Waals surface area contributed by atoms with Crippen LogP contribution in [0.1, 0.15) is 19.3 Å². The number of nitrogens with zero attached hydrogens (tertiary/aromatic N) is 5. The lowest BCUT2D eigenvalue weighted by molar-refractivity contribution is -0.117. The first-order valence-corrected chi connectivity index (χ1v) is 13.5. The maximum atomic E-state index is 13.5. The standard InChI is InChI=1S/C30H26FN9O/c31-20-3-1-18(2-4-20)26-27-23(9-12-34-26)37-30(38-27)29-28-24(39-40-29)6-5-22(36-28)19-14-21(16-33-15-19)35-25(41)13-17-7-10-32-11-8-17/h1-6,9,12,14-17,32H,7-8,10-11,13H2,(H,35,41)(H,37,38)(H,39,40). The SMILES string of the molecule is O=C(CC1CCNCC1)Nc1cncc(-c2ccc3[nH]nc(-c4nc5c(-c6ccc(F)cc6)nccc5[nH]4)c3n2)c1. The highest BCUT2D eigenvalue weighted by Gasteiger charge is 2.19. The Morgan fingerprint density at radius 3 is 2.61 bits per heavy atom. The van der Waals surface area contributed by atoms with E-state index in [0.29, 0.717) is 52.0 Å². The van der Waals surface area contributed by atoms with E-state index in [2.05, 4.69) is 35.8 Å². The van der Waals surface area contributed by atoms with Gasteiger partial charge in [0.2, 0.25) is 5.91 Å². The fourth-order valence-corrected chi connectivity index (χ4v) is 5.30. The van der Waals surface area contributed by atoms with Gasteiger partial charge in [0.25, 0.3) is 0 Å². The van der Waals surface area contributed by atoms with Crippen molar-refractivity contribution in [3.63, 3.8) is 0 Å². The van der Waals surface area contributed by atoms with Crippen LogP contribution in [-0.2, 0) is 4.79 Å². The van der Waals surface area contributed by atoms with Gasteiger partial charge in [0.05, 0.1) is 34.3 Å². The van der Waals surface area contributed by atoms with Crippen LogP contribution in [0, 0.1) is 11.7 Å². The fourth-order valence-electron chi connectivity index (χ4n) is 5.30. The lowest BCUT2D eigenvalue weighted by Gasteiger charge is -2.21. The number of anilines is 1. The molecule has 10 nitrogen and oxygen atoms in total. The van der Waals surface area contributed by atoms with Crippen LogP contribution in [0.4, 0.5) is 10.1 Å². The summed E-state index contributed by atoms with van der Waals surface area (Å²) in [5, 5.41) is 13.9. The van der Waals surface area contributed by atoms with E-state index in [1.165, 1.54) is 12.1 Å². The second-order valence-corrected chi connectivity index (χ2v) is 10.2. The summed E-state index contributed by atoms with van der Waals surface area (Å²) >= 11 is 0. The Morgan fingerprint density at radius 1 is 0.927 bits per heavy atom. The van der Waals surface area contributed by atoms with Gasteiger partial charge in [0.1, 0.15) is 16.9 Å². The van der Waals surface area contributed by atoms with E-state index in [-0.39, 0.29) is 11.7 Å². The molecule has 1 aliphatic heterocycles. The number of halogens is 1. The van der Waals surface area contributed by atoms with Gasteiger partial charge < -0.3 is 15.6 Å². The Bertz CT molecular complexity index is 1870. The van der Waals surface area contributed by atoms with Crippen LogP contribution in [0.2, 0.25) is 0 Å². The molecule has 204 valence electrons. The first-order chi connectivity index (χ1) is 20.1. The molecule has 5 aromatic heterocycles. The third-order valence-electron chi connectivity index (χ3n) is 7.40. The maximum Gasteiger partial charge on any atom is 0.224 e. The lowest BCUT2D eigenvalue weighted by Crippen LogP contribution is -2.30. The minimum absolute atomic E-state index is 0.00392. The summed E-state index contributed by atoms with van der Waals surface area (Å²) in [4.78, 5) is 34.5. The van der Waals surface area contributed by atoms with Gasteiger partial charge in [-0.3, -0.25) is 19.9 Å². The predicted molar refractivity (Wildman–Crippen MR) is 154 cm³/mol. The summed E-state index contributed by atoms with van der Waals surface area (Å²) in [5.41, 5.74) is 6.87. The normalized spacial score (nSPS) is 14.1. The largest absolute Gasteiger partial charge is 0.336 e. The van der Waals surface area contributed by atoms with Gasteiger partial charge in [-0.15, -0.1) is 0 Å². The van der Waals surface area contributed by atoms with Crippen molar-refractivity contribution < 1.29 is 9.18 Å². The van der Waals surface area contributed by atoms with Gasteiger partial charge in [-0.2, -0.15) is 5.10 Å². The molecule has 0 spiro atoms. The van der Waals surface area contributed by atoms with Gasteiger partial charge in [0, 0.05) is 29.9 Å². The van der Waals surface area contributed by atoms with E-state index in [1.54, 1.807) is 30.7 Å². The number of fused-ring (bicyclic) bond motifs is 2. The smallest absolute Gasteiger partial charge is 0.224 e. The zero-order chi connectivity index (χ0) is 27.8. The number of aromatic nitrogens is 7. The summed E-state index contributed by atoms with van der Waals surface area (Å²) < 4.78 is 13.5. The number of benzene rings is 1. The topological polar surface area (TPSA) is 137 Å². The third-order valence-corrected chi connectivity index (χ3v) is 7.40. The second kappa shape index (κ2) is 10.5. The molecule has 11 heteroatoms. The minimum Gasteiger partial charge on any atom is -0.336 e. The van der Waals surface area contributed by atoms with Crippen molar-refractivity contribution in [2.75, 3.05) is 18.4 Å². The van der Waals surface area contributed by atoms with Gasteiger partial charge >= 0.3 is 0 Å². The summed E-state index contributed by atoms with van der Waals surface area (Å²) in [7, 11) is 0. The molecule has 1 saturated heterocycles. The average molecular weight is 548 g/mol. The highest BCUT2D eigenvalue weighted by Crippen LogP contribution is 2.31. The Morgan fingerprint density at radius 2 is 1.76 bits per heavy atom. The number of aromatic amines is 2. The molecular formula is C30H26FN9O. The van der Waals surface area contributed by atoms with Crippen molar-refractivity contribution >= 4 is 33.7 Å². The zero-order valence-corrected chi connectivity index (χ0v) is 22.0. The molecule has 0 aliphatic carbocycles. The Kier molecular flexibility index (Phi) is 6.40. The van der Waals surface area contributed by atoms with Crippen molar-refractivity contribution in [3.8, 4) is 34.0 Å². The number of hydrogen-bond donors (Lipinski definition) is 4. The van der Waals surface area contributed by atoms with Crippen LogP contribution in [0.5, 0.6) is 0 Å². The number of rotatable bonds is 6. The first kappa shape index (κ1) is 25.0. The minimum atomic E-state index is -0.311. The molecule has 1 amide bonds. The lowest BCUT2D eigenvalue weighted by atomic mass is 9.94. The van der Waals surface area contributed by atoms with Gasteiger partial charge in [-0.25, -0.2) is 14.4 Å². The number of H-pyrrole nitrogens is 2. The summed E-state index contributed by atoms with van der Waals surface area (Å²) in [5.74, 6) is 0.616. The second-order valence-electron chi connectivity index (χ2n) is 10.2. The fraction of sp³-hybridized carbons (Fsp3) is 0.200. The first-order valence-electron chi connectivity index (χ1n) is 13.5. The summed E-state index contributed by atoms with van der Waals surface area (Å²) in [6, 6.07) is 13.7. The van der Waals surface area contributed by atoms with E-state index in [4.69, 9.17) is 9.97 Å². The van der Waals surface area contributed by atoms with Crippen molar-refractivity contribution in [1.82, 2.24) is 40.4 Å². The number of pyridine rings is 3. The molecule has 0 bridgehead atoms. The Balaban J connectivity index is 1.19. The van der Waals surface area contributed by atoms with Crippen LogP contribution in [0.25, 0.3) is 56.1 Å². The molecule has 6 heterocycles. The molecule has 1 fully saturated rings. The molecule has 41 heavy (non-hydrogen) atoms. The molecular weight excluding hydrogens is 521 g/mol. The highest BCUT2D eigenvalue weighted by molar-refractivity contribution is 5.95. The van der Waals surface area contributed by atoms with Gasteiger partial charge in [0.15, 0.2) is 11.5 Å². The average Bonchev–Trinajstić information content (AvgIpc) is 3.62. The predicted octanol–water partition coefficient (Wildman–Crippen LogP) is 5.09. The van der Waals surface area contributed by atoms with E-state index >= 15 is 0 Å². The molecule has 7 rings (SSSR count). The third kappa shape index (κ3) is 5.03. The van der Waals surface area contributed by atoms with Crippen molar-refractivity contribution in [1.29, 1.82) is 0 Å². The monoisotopic (exact) mass is 547 g/mol. The number of piperidine rings is 1. The van der Waals surface area contributed by atoms with Crippen molar-refractivity contribution in [2.45, 2.75) is 19.3 Å². The summed E-state index contributed by atoms with van der Waals surface area (Å²) in [6.07, 6.45) is 7.58. The number of amides is 1. The van der Waals surface area contributed by atoms with Gasteiger partial charge in [-0.05, 0) is 80.4 Å². The van der Waals surface area contributed by atoms with E-state index in [9.17, 15) is 9.18 Å². The van der Waals surface area contributed by atoms with Crippen LogP contribution >= 0.6 is 0 Å². The van der Waals surface area contributed by atoms with Crippen LogP contribution in [0.15, 0.2) is 67.1 Å². The van der Waals surface area contributed by atoms with Crippen LogP contribution in [-0.4, -0.2) is 54.1 Å². The zero-order valence-electron chi connectivity index (χ0n) is 22.0. The highest BCUT2D eigenvalue weighted by atomic mass is 19.1. The summed E-state index contributed by atoms with van der Waals surface area (Å²) in [6.45, 7) is 1.92. The van der Waals surface area contributed by atoms with E-state index in [0.717, 1.165) is 48.1 Å². The number of imidazole rings is 1. The van der Waals surface area contributed by atoms with E-state index < -0.39 is 0 Å². The molecule has 1 aromatic carbocycles. The molecule has 0 saturated carbocycles. The van der Waals surface area contributed by atoms with Crippen molar-refractivity contribution in [2.24, 2.45) is 5.92 Å². The van der Waals surface area contributed by atoms with Crippen LogP contribution in [0.3, 0.4) is 0 Å². The number of carbonyl (C=O) groups excluding carboxylic acids is 1. The van der Waals surface area contributed by atoms with E-state index in [1.807, 2.05) is 24.3 Å². The molecule has 6 aromatic rings.